The van der Waals surface area contributed by atoms with Crippen molar-refractivity contribution >= 4 is 39.7 Å². The summed E-state index contributed by atoms with van der Waals surface area (Å²) in [4.78, 5) is 12.6. The molecule has 0 aliphatic heterocycles. The van der Waals surface area contributed by atoms with E-state index in [0.717, 1.165) is 16.8 Å². The topological polar surface area (TPSA) is 50.4 Å². The molecule has 0 heterocycles. The van der Waals surface area contributed by atoms with Gasteiger partial charge in [0.1, 0.15) is 5.75 Å². The maximum Gasteiger partial charge on any atom is 0.418 e. The number of benzene rings is 3. The van der Waals surface area contributed by atoms with Gasteiger partial charge in [-0.1, -0.05) is 36.4 Å². The van der Waals surface area contributed by atoms with E-state index in [2.05, 4.69) is 10.6 Å². The predicted molar refractivity (Wildman–Crippen MR) is 106 cm³/mol. The molecule has 3 rings (SSSR count). The van der Waals surface area contributed by atoms with Crippen LogP contribution in [-0.2, 0) is 6.18 Å². The Labute approximate surface area is 164 Å². The molecule has 144 valence electrons. The SMILES string of the molecule is COc1cc2ccccc2cc1C(=O)NC(=S)Nc1ccccc1C(F)(F)F. The maximum absolute atomic E-state index is 13.1. The first kappa shape index (κ1) is 19.6. The third kappa shape index (κ3) is 4.23. The van der Waals surface area contributed by atoms with Crippen LogP contribution in [0.3, 0.4) is 0 Å². The van der Waals surface area contributed by atoms with E-state index in [4.69, 9.17) is 17.0 Å². The highest BCUT2D eigenvalue weighted by atomic mass is 32.1. The van der Waals surface area contributed by atoms with Crippen LogP contribution >= 0.6 is 12.2 Å². The smallest absolute Gasteiger partial charge is 0.418 e. The first-order valence-corrected chi connectivity index (χ1v) is 8.56. The molecule has 4 nitrogen and oxygen atoms in total. The molecule has 0 bridgehead atoms. The lowest BCUT2D eigenvalue weighted by Gasteiger charge is -2.16. The van der Waals surface area contributed by atoms with Crippen molar-refractivity contribution in [3.63, 3.8) is 0 Å². The molecule has 0 radical (unpaired) electrons. The van der Waals surface area contributed by atoms with Crippen LogP contribution in [0.25, 0.3) is 10.8 Å². The van der Waals surface area contributed by atoms with Crippen LogP contribution in [0, 0.1) is 0 Å². The highest BCUT2D eigenvalue weighted by molar-refractivity contribution is 7.80. The minimum absolute atomic E-state index is 0.217. The molecule has 0 aliphatic carbocycles. The average molecular weight is 404 g/mol. The van der Waals surface area contributed by atoms with Crippen molar-refractivity contribution in [1.82, 2.24) is 5.32 Å². The van der Waals surface area contributed by atoms with Gasteiger partial charge in [0.2, 0.25) is 0 Å². The zero-order chi connectivity index (χ0) is 20.3. The lowest BCUT2D eigenvalue weighted by molar-refractivity contribution is -0.136. The van der Waals surface area contributed by atoms with Crippen LogP contribution < -0.4 is 15.4 Å². The van der Waals surface area contributed by atoms with Gasteiger partial charge in [-0.25, -0.2) is 0 Å². The molecule has 0 saturated carbocycles. The number of hydrogen-bond donors (Lipinski definition) is 2. The number of hydrogen-bond acceptors (Lipinski definition) is 3. The molecule has 3 aromatic carbocycles. The van der Waals surface area contributed by atoms with E-state index < -0.39 is 17.6 Å². The lowest BCUT2D eigenvalue weighted by atomic mass is 10.1. The summed E-state index contributed by atoms with van der Waals surface area (Å²) in [6.07, 6.45) is -4.55. The van der Waals surface area contributed by atoms with Gasteiger partial charge in [0.15, 0.2) is 5.11 Å². The van der Waals surface area contributed by atoms with Crippen molar-refractivity contribution in [3.05, 3.63) is 71.8 Å². The van der Waals surface area contributed by atoms with Crippen molar-refractivity contribution in [2.75, 3.05) is 12.4 Å². The molecule has 28 heavy (non-hydrogen) atoms. The Morgan fingerprint density at radius 3 is 2.25 bits per heavy atom. The molecule has 2 N–H and O–H groups in total. The van der Waals surface area contributed by atoms with E-state index in [-0.39, 0.29) is 16.4 Å². The fourth-order valence-electron chi connectivity index (χ4n) is 2.73. The zero-order valence-electron chi connectivity index (χ0n) is 14.6. The Bertz CT molecular complexity index is 1050. The number of carbonyl (C=O) groups excluding carboxylic acids is 1. The standard InChI is InChI=1S/C20H15F3N2O2S/c1-27-17-11-13-7-3-2-6-12(13)10-14(17)18(26)25-19(28)24-16-9-5-4-8-15(16)20(21,22)23/h2-11H,1H3,(H2,24,25,26,28). The molecule has 0 saturated heterocycles. The molecule has 0 spiro atoms. The van der Waals surface area contributed by atoms with Gasteiger partial charge < -0.3 is 10.1 Å². The van der Waals surface area contributed by atoms with Gasteiger partial charge in [-0.05, 0) is 47.3 Å². The molecule has 0 aliphatic rings. The number of rotatable bonds is 3. The van der Waals surface area contributed by atoms with Gasteiger partial charge in [-0.3, -0.25) is 10.1 Å². The van der Waals surface area contributed by atoms with E-state index in [9.17, 15) is 18.0 Å². The summed E-state index contributed by atoms with van der Waals surface area (Å²) in [5.74, 6) is -0.265. The highest BCUT2D eigenvalue weighted by Crippen LogP contribution is 2.34. The minimum Gasteiger partial charge on any atom is -0.496 e. The quantitative estimate of drug-likeness (QED) is 0.604. The Morgan fingerprint density at radius 1 is 1.00 bits per heavy atom. The van der Waals surface area contributed by atoms with Crippen LogP contribution in [0.4, 0.5) is 18.9 Å². The second-order valence-electron chi connectivity index (χ2n) is 5.85. The summed E-state index contributed by atoms with van der Waals surface area (Å²) in [6.45, 7) is 0. The number of nitrogens with one attached hydrogen (secondary N) is 2. The lowest BCUT2D eigenvalue weighted by Crippen LogP contribution is -2.34. The molecule has 8 heteroatoms. The molecular weight excluding hydrogens is 389 g/mol. The number of alkyl halides is 3. The van der Waals surface area contributed by atoms with Gasteiger partial charge >= 0.3 is 6.18 Å². The third-order valence-corrected chi connectivity index (χ3v) is 4.22. The monoisotopic (exact) mass is 404 g/mol. The highest BCUT2D eigenvalue weighted by Gasteiger charge is 2.33. The Balaban J connectivity index is 1.82. The van der Waals surface area contributed by atoms with Crippen molar-refractivity contribution < 1.29 is 22.7 Å². The molecular formula is C20H15F3N2O2S. The number of fused-ring (bicyclic) bond motifs is 1. The molecule has 0 atom stereocenters. The maximum atomic E-state index is 13.1. The summed E-state index contributed by atoms with van der Waals surface area (Å²) in [5, 5.41) is 6.27. The first-order chi connectivity index (χ1) is 13.3. The Morgan fingerprint density at radius 2 is 1.61 bits per heavy atom. The third-order valence-electron chi connectivity index (χ3n) is 4.02. The summed E-state index contributed by atoms with van der Waals surface area (Å²) in [6, 6.07) is 15.6. The fourth-order valence-corrected chi connectivity index (χ4v) is 2.93. The summed E-state index contributed by atoms with van der Waals surface area (Å²) >= 11 is 5.02. The van der Waals surface area contributed by atoms with Gasteiger partial charge in [-0.15, -0.1) is 0 Å². The number of ether oxygens (including phenoxy) is 1. The van der Waals surface area contributed by atoms with Gasteiger partial charge in [0.05, 0.1) is 23.9 Å². The Kier molecular flexibility index (Phi) is 5.51. The van der Waals surface area contributed by atoms with Crippen LogP contribution in [-0.4, -0.2) is 18.1 Å². The van der Waals surface area contributed by atoms with Gasteiger partial charge in [-0.2, -0.15) is 13.2 Å². The Hall–Kier alpha value is -3.13. The van der Waals surface area contributed by atoms with Gasteiger partial charge in [0, 0.05) is 0 Å². The van der Waals surface area contributed by atoms with Crippen LogP contribution in [0.5, 0.6) is 5.75 Å². The first-order valence-electron chi connectivity index (χ1n) is 8.15. The summed E-state index contributed by atoms with van der Waals surface area (Å²) in [5.41, 5.74) is -0.907. The summed E-state index contributed by atoms with van der Waals surface area (Å²) < 4.78 is 44.5. The van der Waals surface area contributed by atoms with Crippen LogP contribution in [0.2, 0.25) is 0 Å². The van der Waals surface area contributed by atoms with E-state index in [1.807, 2.05) is 24.3 Å². The van der Waals surface area contributed by atoms with Crippen molar-refractivity contribution in [2.24, 2.45) is 0 Å². The fraction of sp³-hybridized carbons (Fsp3) is 0.100. The molecule has 0 aromatic heterocycles. The van der Waals surface area contributed by atoms with E-state index in [1.165, 1.54) is 25.3 Å². The zero-order valence-corrected chi connectivity index (χ0v) is 15.4. The average Bonchev–Trinajstić information content (AvgIpc) is 2.66. The van der Waals surface area contributed by atoms with Crippen molar-refractivity contribution in [1.29, 1.82) is 0 Å². The van der Waals surface area contributed by atoms with Gasteiger partial charge in [0.25, 0.3) is 5.91 Å². The number of carbonyl (C=O) groups is 1. The number of methoxy groups -OCH3 is 1. The van der Waals surface area contributed by atoms with Crippen molar-refractivity contribution in [2.45, 2.75) is 6.18 Å². The number of thiocarbonyl (C=S) groups is 1. The second kappa shape index (κ2) is 7.85. The minimum atomic E-state index is -4.55. The second-order valence-corrected chi connectivity index (χ2v) is 6.26. The van der Waals surface area contributed by atoms with E-state index in [1.54, 1.807) is 12.1 Å². The van der Waals surface area contributed by atoms with Crippen LogP contribution in [0.1, 0.15) is 15.9 Å². The normalized spacial score (nSPS) is 11.1. The number of anilines is 1. The molecule has 1 amide bonds. The molecule has 0 unspecified atom stereocenters. The summed E-state index contributed by atoms with van der Waals surface area (Å²) in [7, 11) is 1.43. The van der Waals surface area contributed by atoms with Crippen molar-refractivity contribution in [3.8, 4) is 5.75 Å². The van der Waals surface area contributed by atoms with E-state index >= 15 is 0 Å². The molecule has 0 fully saturated rings. The number of amides is 1. The molecule has 3 aromatic rings. The van der Waals surface area contributed by atoms with Crippen LogP contribution in [0.15, 0.2) is 60.7 Å². The largest absolute Gasteiger partial charge is 0.496 e. The predicted octanol–water partition coefficient (Wildman–Crippen LogP) is 4.99. The van der Waals surface area contributed by atoms with E-state index in [0.29, 0.717) is 5.75 Å². The number of para-hydroxylation sites is 1. The number of halogens is 3.